The maximum Gasteiger partial charge on any atom is 0.137 e. The SMILES string of the molecule is O=C(CC1COCCN1)C1CCOC2(CCCC2)C1. The van der Waals surface area contributed by atoms with Gasteiger partial charge in [-0.3, -0.25) is 4.79 Å². The van der Waals surface area contributed by atoms with Crippen LogP contribution in [0, 0.1) is 5.92 Å². The van der Waals surface area contributed by atoms with Gasteiger partial charge < -0.3 is 14.8 Å². The molecule has 1 aliphatic carbocycles. The molecule has 3 rings (SSSR count). The molecule has 2 unspecified atom stereocenters. The van der Waals surface area contributed by atoms with Gasteiger partial charge in [-0.15, -0.1) is 0 Å². The third-order valence-electron chi connectivity index (χ3n) is 4.91. The zero-order valence-corrected chi connectivity index (χ0v) is 11.7. The smallest absolute Gasteiger partial charge is 0.137 e. The van der Waals surface area contributed by atoms with E-state index < -0.39 is 0 Å². The van der Waals surface area contributed by atoms with Crippen molar-refractivity contribution in [2.45, 2.75) is 56.6 Å². The van der Waals surface area contributed by atoms with Crippen LogP contribution in [0.1, 0.15) is 44.9 Å². The molecule has 19 heavy (non-hydrogen) atoms. The molecule has 4 nitrogen and oxygen atoms in total. The third kappa shape index (κ3) is 3.18. The van der Waals surface area contributed by atoms with Gasteiger partial charge in [-0.1, -0.05) is 12.8 Å². The molecule has 1 saturated carbocycles. The van der Waals surface area contributed by atoms with Crippen LogP contribution in [0.5, 0.6) is 0 Å². The minimum Gasteiger partial charge on any atom is -0.379 e. The Hall–Kier alpha value is -0.450. The first-order valence-electron chi connectivity index (χ1n) is 7.75. The molecular formula is C15H25NO3. The fourth-order valence-electron chi connectivity index (χ4n) is 3.83. The summed E-state index contributed by atoms with van der Waals surface area (Å²) >= 11 is 0. The van der Waals surface area contributed by atoms with Crippen molar-refractivity contribution in [3.63, 3.8) is 0 Å². The van der Waals surface area contributed by atoms with Gasteiger partial charge in [0.1, 0.15) is 5.78 Å². The molecule has 2 heterocycles. The average Bonchev–Trinajstić information content (AvgIpc) is 2.88. The molecule has 2 aliphatic heterocycles. The standard InChI is InChI=1S/C15H25NO3/c17-14(9-13-11-18-8-6-16-13)12-3-7-19-15(10-12)4-1-2-5-15/h12-13,16H,1-11H2. The number of nitrogens with one attached hydrogen (secondary N) is 1. The predicted octanol–water partition coefficient (Wildman–Crippen LogP) is 1.67. The summed E-state index contributed by atoms with van der Waals surface area (Å²) in [6.45, 7) is 3.09. The molecule has 108 valence electrons. The summed E-state index contributed by atoms with van der Waals surface area (Å²) in [5.41, 5.74) is 0.0507. The second-order valence-corrected chi connectivity index (χ2v) is 6.32. The van der Waals surface area contributed by atoms with Crippen LogP contribution in [0.15, 0.2) is 0 Å². The molecule has 0 aromatic rings. The van der Waals surface area contributed by atoms with Gasteiger partial charge in [0.15, 0.2) is 0 Å². The van der Waals surface area contributed by atoms with E-state index in [-0.39, 0.29) is 17.6 Å². The summed E-state index contributed by atoms with van der Waals surface area (Å²) in [5, 5.41) is 3.37. The number of Topliss-reactive ketones (excluding diaryl/α,β-unsaturated/α-hetero) is 1. The van der Waals surface area contributed by atoms with Crippen LogP contribution >= 0.6 is 0 Å². The van der Waals surface area contributed by atoms with Crippen molar-refractivity contribution in [3.8, 4) is 0 Å². The lowest BCUT2D eigenvalue weighted by Crippen LogP contribution is -2.45. The minimum absolute atomic E-state index is 0.0507. The van der Waals surface area contributed by atoms with Gasteiger partial charge in [-0.05, 0) is 25.7 Å². The third-order valence-corrected chi connectivity index (χ3v) is 4.91. The fraction of sp³-hybridized carbons (Fsp3) is 0.933. The van der Waals surface area contributed by atoms with Gasteiger partial charge in [0.25, 0.3) is 0 Å². The summed E-state index contributed by atoms with van der Waals surface area (Å²) in [6, 6.07) is 0.226. The quantitative estimate of drug-likeness (QED) is 0.845. The van der Waals surface area contributed by atoms with Crippen molar-refractivity contribution >= 4 is 5.78 Å². The highest BCUT2D eigenvalue weighted by Crippen LogP contribution is 2.42. The fourth-order valence-corrected chi connectivity index (χ4v) is 3.83. The molecular weight excluding hydrogens is 242 g/mol. The summed E-state index contributed by atoms with van der Waals surface area (Å²) in [6.07, 6.45) is 7.33. The Balaban J connectivity index is 1.54. The first kappa shape index (κ1) is 13.5. The second-order valence-electron chi connectivity index (χ2n) is 6.32. The molecule has 0 radical (unpaired) electrons. The summed E-state index contributed by atoms with van der Waals surface area (Å²) in [7, 11) is 0. The molecule has 0 aromatic carbocycles. The Kier molecular flexibility index (Phi) is 4.20. The van der Waals surface area contributed by atoms with Crippen LogP contribution in [0.3, 0.4) is 0 Å². The number of hydrogen-bond donors (Lipinski definition) is 1. The van der Waals surface area contributed by atoms with Gasteiger partial charge >= 0.3 is 0 Å². The number of ketones is 1. The first-order chi connectivity index (χ1) is 9.27. The Morgan fingerprint density at radius 2 is 2.11 bits per heavy atom. The molecule has 3 aliphatic rings. The van der Waals surface area contributed by atoms with E-state index in [1.165, 1.54) is 12.8 Å². The van der Waals surface area contributed by atoms with Crippen molar-refractivity contribution in [2.75, 3.05) is 26.4 Å². The number of ether oxygens (including phenoxy) is 2. The second kappa shape index (κ2) is 5.90. The van der Waals surface area contributed by atoms with Crippen molar-refractivity contribution in [1.82, 2.24) is 5.32 Å². The lowest BCUT2D eigenvalue weighted by atomic mass is 9.81. The van der Waals surface area contributed by atoms with Crippen molar-refractivity contribution in [1.29, 1.82) is 0 Å². The van der Waals surface area contributed by atoms with Gasteiger partial charge in [0.05, 0.1) is 18.8 Å². The van der Waals surface area contributed by atoms with Gasteiger partial charge in [-0.25, -0.2) is 0 Å². The predicted molar refractivity (Wildman–Crippen MR) is 72.1 cm³/mol. The number of carbonyl (C=O) groups is 1. The van der Waals surface area contributed by atoms with Crippen molar-refractivity contribution in [2.24, 2.45) is 5.92 Å². The zero-order chi connectivity index (χ0) is 13.1. The van der Waals surface area contributed by atoms with E-state index in [4.69, 9.17) is 9.47 Å². The lowest BCUT2D eigenvalue weighted by molar-refractivity contribution is -0.137. The van der Waals surface area contributed by atoms with Crippen molar-refractivity contribution in [3.05, 3.63) is 0 Å². The van der Waals surface area contributed by atoms with Crippen LogP contribution < -0.4 is 5.32 Å². The van der Waals surface area contributed by atoms with E-state index in [0.717, 1.165) is 45.4 Å². The highest BCUT2D eigenvalue weighted by Gasteiger charge is 2.42. The van der Waals surface area contributed by atoms with Crippen LogP contribution in [-0.4, -0.2) is 43.8 Å². The number of carbonyl (C=O) groups excluding carboxylic acids is 1. The largest absolute Gasteiger partial charge is 0.379 e. The maximum atomic E-state index is 12.5. The molecule has 1 N–H and O–H groups in total. The Labute approximate surface area is 115 Å². The van der Waals surface area contributed by atoms with Crippen LogP contribution in [0.25, 0.3) is 0 Å². The monoisotopic (exact) mass is 267 g/mol. The number of morpholine rings is 1. The lowest BCUT2D eigenvalue weighted by Gasteiger charge is -2.38. The summed E-state index contributed by atoms with van der Waals surface area (Å²) in [4.78, 5) is 12.5. The Morgan fingerprint density at radius 1 is 1.26 bits per heavy atom. The molecule has 0 bridgehead atoms. The number of rotatable bonds is 3. The topological polar surface area (TPSA) is 47.6 Å². The van der Waals surface area contributed by atoms with E-state index in [0.29, 0.717) is 18.8 Å². The highest BCUT2D eigenvalue weighted by molar-refractivity contribution is 5.81. The molecule has 2 atom stereocenters. The minimum atomic E-state index is 0.0507. The van der Waals surface area contributed by atoms with Crippen LogP contribution in [0.2, 0.25) is 0 Å². The van der Waals surface area contributed by atoms with Crippen molar-refractivity contribution < 1.29 is 14.3 Å². The van der Waals surface area contributed by atoms with E-state index in [1.807, 2.05) is 0 Å². The Morgan fingerprint density at radius 3 is 2.84 bits per heavy atom. The van der Waals surface area contributed by atoms with E-state index >= 15 is 0 Å². The van der Waals surface area contributed by atoms with E-state index in [9.17, 15) is 4.79 Å². The molecule has 2 saturated heterocycles. The highest BCUT2D eigenvalue weighted by atomic mass is 16.5. The zero-order valence-electron chi connectivity index (χ0n) is 11.7. The van der Waals surface area contributed by atoms with Crippen LogP contribution in [-0.2, 0) is 14.3 Å². The number of hydrogen-bond acceptors (Lipinski definition) is 4. The molecule has 4 heteroatoms. The Bertz CT molecular complexity index is 319. The maximum absolute atomic E-state index is 12.5. The normalized spacial score (nSPS) is 34.5. The van der Waals surface area contributed by atoms with E-state index in [1.54, 1.807) is 0 Å². The van der Waals surface area contributed by atoms with Gasteiger partial charge in [0, 0.05) is 31.5 Å². The molecule has 0 amide bonds. The molecule has 0 aromatic heterocycles. The average molecular weight is 267 g/mol. The first-order valence-corrected chi connectivity index (χ1v) is 7.75. The van der Waals surface area contributed by atoms with Gasteiger partial charge in [0.2, 0.25) is 0 Å². The summed E-state index contributed by atoms with van der Waals surface area (Å²) < 4.78 is 11.4. The van der Waals surface area contributed by atoms with Gasteiger partial charge in [-0.2, -0.15) is 0 Å². The molecule has 3 fully saturated rings. The summed E-state index contributed by atoms with van der Waals surface area (Å²) in [5.74, 6) is 0.633. The van der Waals surface area contributed by atoms with Crippen LogP contribution in [0.4, 0.5) is 0 Å². The van der Waals surface area contributed by atoms with E-state index in [2.05, 4.69) is 5.32 Å². The molecule has 1 spiro atoms.